The molecule has 2 rings (SSSR count). The van der Waals surface area contributed by atoms with Crippen LogP contribution in [0.1, 0.15) is 20.2 Å². The number of thiazole rings is 1. The Balaban J connectivity index is 2.33. The van der Waals surface area contributed by atoms with Crippen molar-refractivity contribution in [1.82, 2.24) is 9.97 Å². The molecule has 0 aliphatic rings. The zero-order valence-electron chi connectivity index (χ0n) is 8.53. The van der Waals surface area contributed by atoms with E-state index < -0.39 is 17.0 Å². The molecule has 0 saturated heterocycles. The van der Waals surface area contributed by atoms with Gasteiger partial charge in [0.15, 0.2) is 5.01 Å². The third-order valence-electron chi connectivity index (χ3n) is 1.96. The third kappa shape index (κ3) is 2.68. The summed E-state index contributed by atoms with van der Waals surface area (Å²) in [4.78, 5) is 18.6. The maximum Gasteiger partial charge on any atom is 0.443 e. The lowest BCUT2D eigenvalue weighted by Crippen LogP contribution is -2.03. The Morgan fingerprint density at radius 1 is 1.33 bits per heavy atom. The number of halogens is 4. The number of rotatable bonds is 2. The molecule has 2 aromatic heterocycles. The molecule has 0 fully saturated rings. The van der Waals surface area contributed by atoms with Crippen LogP contribution >= 0.6 is 22.9 Å². The molecule has 3 nitrogen and oxygen atoms in total. The van der Waals surface area contributed by atoms with E-state index in [-0.39, 0.29) is 15.6 Å². The number of carbonyl (C=O) groups is 1. The Hall–Kier alpha value is -1.47. The summed E-state index contributed by atoms with van der Waals surface area (Å²) >= 11 is 5.90. The van der Waals surface area contributed by atoms with Crippen molar-refractivity contribution in [2.75, 3.05) is 0 Å². The summed E-state index contributed by atoms with van der Waals surface area (Å²) in [6, 6.07) is 2.66. The summed E-state index contributed by atoms with van der Waals surface area (Å²) in [5, 5.41) is -0.951. The van der Waals surface area contributed by atoms with Crippen molar-refractivity contribution < 1.29 is 18.0 Å². The number of hydrogen-bond donors (Lipinski definition) is 0. The third-order valence-corrected chi connectivity index (χ3v) is 3.21. The van der Waals surface area contributed by atoms with E-state index in [0.717, 1.165) is 6.20 Å². The van der Waals surface area contributed by atoms with E-state index in [9.17, 15) is 18.0 Å². The lowest BCUT2D eigenvalue weighted by atomic mass is 10.1. The highest BCUT2D eigenvalue weighted by atomic mass is 35.5. The van der Waals surface area contributed by atoms with Gasteiger partial charge in [0.2, 0.25) is 5.78 Å². The van der Waals surface area contributed by atoms with Gasteiger partial charge in [-0.15, -0.1) is 11.3 Å². The fraction of sp³-hybridized carbons (Fsp3) is 0.100. The normalized spacial score (nSPS) is 11.6. The summed E-state index contributed by atoms with van der Waals surface area (Å²) in [5.74, 6) is -0.563. The second-order valence-electron chi connectivity index (χ2n) is 3.22. The first kappa shape index (κ1) is 13.0. The standard InChI is InChI=1S/C10H4ClF3N2OS/c11-7-3-5(1-2-15-7)8(17)6-4-16-9(18-6)10(12,13)14/h1-4H. The number of alkyl halides is 3. The van der Waals surface area contributed by atoms with Crippen LogP contribution in [0, 0.1) is 0 Å². The van der Waals surface area contributed by atoms with Gasteiger partial charge in [-0.1, -0.05) is 11.6 Å². The zero-order valence-corrected chi connectivity index (χ0v) is 10.1. The van der Waals surface area contributed by atoms with Gasteiger partial charge in [-0.05, 0) is 12.1 Å². The zero-order chi connectivity index (χ0) is 13.3. The maximum absolute atomic E-state index is 12.3. The quantitative estimate of drug-likeness (QED) is 0.629. The lowest BCUT2D eigenvalue weighted by molar-refractivity contribution is -0.137. The molecule has 2 aromatic rings. The van der Waals surface area contributed by atoms with Gasteiger partial charge >= 0.3 is 6.18 Å². The molecule has 8 heteroatoms. The average Bonchev–Trinajstić information content (AvgIpc) is 2.77. The minimum atomic E-state index is -4.54. The van der Waals surface area contributed by atoms with Crippen LogP contribution in [-0.2, 0) is 6.18 Å². The van der Waals surface area contributed by atoms with E-state index in [1.807, 2.05) is 0 Å². The molecule has 0 amide bonds. The SMILES string of the molecule is O=C(c1ccnc(Cl)c1)c1cnc(C(F)(F)F)s1. The van der Waals surface area contributed by atoms with Crippen molar-refractivity contribution in [3.8, 4) is 0 Å². The monoisotopic (exact) mass is 292 g/mol. The molecule has 0 aliphatic heterocycles. The van der Waals surface area contributed by atoms with Crippen molar-refractivity contribution in [3.63, 3.8) is 0 Å². The van der Waals surface area contributed by atoms with E-state index in [0.29, 0.717) is 11.3 Å². The van der Waals surface area contributed by atoms with Crippen LogP contribution in [0.2, 0.25) is 5.15 Å². The van der Waals surface area contributed by atoms with Crippen LogP contribution in [0.15, 0.2) is 24.5 Å². The Morgan fingerprint density at radius 2 is 2.06 bits per heavy atom. The van der Waals surface area contributed by atoms with Crippen LogP contribution in [0.4, 0.5) is 13.2 Å². The molecule has 0 bridgehead atoms. The number of ketones is 1. The minimum Gasteiger partial charge on any atom is -0.288 e. The average molecular weight is 293 g/mol. The van der Waals surface area contributed by atoms with Gasteiger partial charge in [0.05, 0.1) is 4.88 Å². The van der Waals surface area contributed by atoms with Gasteiger partial charge in [-0.2, -0.15) is 13.2 Å². The minimum absolute atomic E-state index is 0.0930. The topological polar surface area (TPSA) is 42.9 Å². The van der Waals surface area contributed by atoms with Crippen LogP contribution in [0.25, 0.3) is 0 Å². The highest BCUT2D eigenvalue weighted by Crippen LogP contribution is 2.33. The highest BCUT2D eigenvalue weighted by Gasteiger charge is 2.35. The van der Waals surface area contributed by atoms with Crippen molar-refractivity contribution in [3.05, 3.63) is 45.1 Å². The molecule has 0 unspecified atom stereocenters. The predicted octanol–water partition coefficient (Wildman–Crippen LogP) is 3.44. The van der Waals surface area contributed by atoms with Crippen LogP contribution in [0.5, 0.6) is 0 Å². The molecule has 0 atom stereocenters. The fourth-order valence-electron chi connectivity index (χ4n) is 1.20. The first-order chi connectivity index (χ1) is 8.38. The van der Waals surface area contributed by atoms with Crippen LogP contribution in [0.3, 0.4) is 0 Å². The summed E-state index contributed by atoms with van der Waals surface area (Å²) in [6.07, 6.45) is -2.33. The van der Waals surface area contributed by atoms with Gasteiger partial charge in [0, 0.05) is 18.0 Å². The molecule has 0 spiro atoms. The first-order valence-corrected chi connectivity index (χ1v) is 5.76. The molecule has 0 N–H and O–H groups in total. The summed E-state index contributed by atoms with van der Waals surface area (Å²) < 4.78 is 37.0. The van der Waals surface area contributed by atoms with Gasteiger partial charge in [-0.25, -0.2) is 9.97 Å². The Labute approximate surface area is 108 Å². The van der Waals surface area contributed by atoms with Crippen molar-refractivity contribution in [2.24, 2.45) is 0 Å². The van der Waals surface area contributed by atoms with E-state index in [1.54, 1.807) is 0 Å². The lowest BCUT2D eigenvalue weighted by Gasteiger charge is -1.99. The number of carbonyl (C=O) groups excluding carboxylic acids is 1. The van der Waals surface area contributed by atoms with Gasteiger partial charge < -0.3 is 0 Å². The number of nitrogens with zero attached hydrogens (tertiary/aromatic N) is 2. The molecule has 0 aliphatic carbocycles. The highest BCUT2D eigenvalue weighted by molar-refractivity contribution is 7.13. The van der Waals surface area contributed by atoms with Crippen LogP contribution in [-0.4, -0.2) is 15.8 Å². The van der Waals surface area contributed by atoms with E-state index in [1.165, 1.54) is 18.3 Å². The van der Waals surface area contributed by atoms with Gasteiger partial charge in [0.1, 0.15) is 5.15 Å². The molecule has 2 heterocycles. The molecular weight excluding hydrogens is 289 g/mol. The van der Waals surface area contributed by atoms with E-state index in [4.69, 9.17) is 11.6 Å². The molecule has 0 saturated carbocycles. The van der Waals surface area contributed by atoms with E-state index in [2.05, 4.69) is 9.97 Å². The Morgan fingerprint density at radius 3 is 2.61 bits per heavy atom. The molecule has 94 valence electrons. The van der Waals surface area contributed by atoms with Crippen molar-refractivity contribution in [2.45, 2.75) is 6.18 Å². The van der Waals surface area contributed by atoms with Gasteiger partial charge in [0.25, 0.3) is 0 Å². The largest absolute Gasteiger partial charge is 0.443 e. The van der Waals surface area contributed by atoms with E-state index >= 15 is 0 Å². The molecular formula is C10H4ClF3N2OS. The van der Waals surface area contributed by atoms with Gasteiger partial charge in [-0.3, -0.25) is 4.79 Å². The number of aromatic nitrogens is 2. The molecule has 18 heavy (non-hydrogen) atoms. The molecule has 0 radical (unpaired) electrons. The summed E-state index contributed by atoms with van der Waals surface area (Å²) in [5.41, 5.74) is 0.173. The molecule has 0 aromatic carbocycles. The van der Waals surface area contributed by atoms with Crippen LogP contribution < -0.4 is 0 Å². The summed E-state index contributed by atoms with van der Waals surface area (Å²) in [7, 11) is 0. The predicted molar refractivity (Wildman–Crippen MR) is 59.8 cm³/mol. The summed E-state index contributed by atoms with van der Waals surface area (Å²) in [6.45, 7) is 0. The smallest absolute Gasteiger partial charge is 0.288 e. The Bertz CT molecular complexity index is 597. The number of hydrogen-bond acceptors (Lipinski definition) is 4. The fourth-order valence-corrected chi connectivity index (χ4v) is 2.12. The second kappa shape index (κ2) is 4.66. The first-order valence-electron chi connectivity index (χ1n) is 4.57. The van der Waals surface area contributed by atoms with Crippen molar-refractivity contribution in [1.29, 1.82) is 0 Å². The number of pyridine rings is 1. The van der Waals surface area contributed by atoms with Crippen molar-refractivity contribution >= 4 is 28.7 Å². The second-order valence-corrected chi connectivity index (χ2v) is 4.64. The Kier molecular flexibility index (Phi) is 3.36. The maximum atomic E-state index is 12.3.